The van der Waals surface area contributed by atoms with Gasteiger partial charge in [-0.2, -0.15) is 0 Å². The van der Waals surface area contributed by atoms with Crippen molar-refractivity contribution in [2.75, 3.05) is 19.7 Å². The molecule has 2 aromatic rings. The van der Waals surface area contributed by atoms with Crippen molar-refractivity contribution in [1.82, 2.24) is 10.6 Å². The maximum atomic E-state index is 12.2. The van der Waals surface area contributed by atoms with E-state index >= 15 is 0 Å². The maximum absolute atomic E-state index is 12.2. The average molecular weight is 361 g/mol. The predicted molar refractivity (Wildman–Crippen MR) is 103 cm³/mol. The third-order valence-electron chi connectivity index (χ3n) is 4.46. The minimum Gasteiger partial charge on any atom is -0.483 e. The van der Waals surface area contributed by atoms with Gasteiger partial charge in [0.1, 0.15) is 5.75 Å². The zero-order valence-electron chi connectivity index (χ0n) is 14.4. The molecular weight excluding hydrogens is 336 g/mol. The van der Waals surface area contributed by atoms with Crippen LogP contribution in [0.3, 0.4) is 0 Å². The first-order valence-corrected chi connectivity index (χ1v) is 8.51. The molecule has 0 spiro atoms. The highest BCUT2D eigenvalue weighted by atomic mass is 35.5. The Morgan fingerprint density at radius 1 is 1.16 bits per heavy atom. The fraction of sp³-hybridized carbons (Fsp3) is 0.350. The van der Waals surface area contributed by atoms with Crippen LogP contribution in [0.15, 0.2) is 54.6 Å². The molecule has 0 saturated carbocycles. The van der Waals surface area contributed by atoms with Gasteiger partial charge in [0.25, 0.3) is 5.91 Å². The van der Waals surface area contributed by atoms with Gasteiger partial charge in [0.05, 0.1) is 0 Å². The Kier molecular flexibility index (Phi) is 7.29. The molecular formula is C20H25ClN2O2. The van der Waals surface area contributed by atoms with Crippen LogP contribution in [0, 0.1) is 5.92 Å². The van der Waals surface area contributed by atoms with Crippen LogP contribution in [-0.2, 0) is 4.79 Å². The summed E-state index contributed by atoms with van der Waals surface area (Å²) in [6, 6.07) is 18.1. The summed E-state index contributed by atoms with van der Waals surface area (Å²) in [6.07, 6.45) is 0.966. The monoisotopic (exact) mass is 360 g/mol. The van der Waals surface area contributed by atoms with Crippen LogP contribution in [0.25, 0.3) is 11.1 Å². The largest absolute Gasteiger partial charge is 0.483 e. The SMILES string of the molecule is CC1CNCCC1NC(=O)COc1ccccc1-c1ccccc1.Cl. The molecule has 2 aromatic carbocycles. The molecule has 1 saturated heterocycles. The normalized spacial score (nSPS) is 19.6. The van der Waals surface area contributed by atoms with Gasteiger partial charge in [-0.25, -0.2) is 0 Å². The number of benzene rings is 2. The van der Waals surface area contributed by atoms with Crippen LogP contribution in [0.2, 0.25) is 0 Å². The van der Waals surface area contributed by atoms with Crippen LogP contribution in [0.1, 0.15) is 13.3 Å². The first kappa shape index (κ1) is 19.3. The molecule has 0 aromatic heterocycles. The van der Waals surface area contributed by atoms with Crippen molar-refractivity contribution in [2.45, 2.75) is 19.4 Å². The highest BCUT2D eigenvalue weighted by Gasteiger charge is 2.22. The number of nitrogens with one attached hydrogen (secondary N) is 2. The lowest BCUT2D eigenvalue weighted by molar-refractivity contribution is -0.124. The van der Waals surface area contributed by atoms with Crippen molar-refractivity contribution >= 4 is 18.3 Å². The van der Waals surface area contributed by atoms with E-state index in [0.717, 1.165) is 36.4 Å². The molecule has 0 aliphatic carbocycles. The first-order valence-electron chi connectivity index (χ1n) is 8.51. The second kappa shape index (κ2) is 9.44. The number of ether oxygens (including phenoxy) is 1. The van der Waals surface area contributed by atoms with Crippen LogP contribution < -0.4 is 15.4 Å². The number of hydrogen-bond donors (Lipinski definition) is 2. The molecule has 5 heteroatoms. The molecule has 2 unspecified atom stereocenters. The number of hydrogen-bond acceptors (Lipinski definition) is 3. The average Bonchev–Trinajstić information content (AvgIpc) is 2.63. The van der Waals surface area contributed by atoms with Crippen LogP contribution in [0.5, 0.6) is 5.75 Å². The van der Waals surface area contributed by atoms with Gasteiger partial charge in [-0.3, -0.25) is 4.79 Å². The fourth-order valence-corrected chi connectivity index (χ4v) is 3.07. The molecule has 2 N–H and O–H groups in total. The van der Waals surface area contributed by atoms with E-state index in [-0.39, 0.29) is 31.0 Å². The fourth-order valence-electron chi connectivity index (χ4n) is 3.07. The maximum Gasteiger partial charge on any atom is 0.258 e. The van der Waals surface area contributed by atoms with E-state index in [2.05, 4.69) is 17.6 Å². The molecule has 1 aliphatic rings. The van der Waals surface area contributed by atoms with Crippen molar-refractivity contribution < 1.29 is 9.53 Å². The Morgan fingerprint density at radius 3 is 2.64 bits per heavy atom. The second-order valence-electron chi connectivity index (χ2n) is 6.29. The standard InChI is InChI=1S/C20H24N2O2.ClH/c1-15-13-21-12-11-18(15)22-20(23)14-24-19-10-6-5-9-17(19)16-7-3-2-4-8-16;/h2-10,15,18,21H,11-14H2,1H3,(H,22,23);1H. The topological polar surface area (TPSA) is 50.4 Å². The van der Waals surface area contributed by atoms with Gasteiger partial charge in [-0.15, -0.1) is 12.4 Å². The summed E-state index contributed by atoms with van der Waals surface area (Å²) in [5.74, 6) is 1.12. The summed E-state index contributed by atoms with van der Waals surface area (Å²) in [7, 11) is 0. The molecule has 4 nitrogen and oxygen atoms in total. The van der Waals surface area contributed by atoms with Gasteiger partial charge >= 0.3 is 0 Å². The van der Waals surface area contributed by atoms with Gasteiger partial charge in [0.15, 0.2) is 6.61 Å². The second-order valence-corrected chi connectivity index (χ2v) is 6.29. The van der Waals surface area contributed by atoms with Gasteiger partial charge in [-0.1, -0.05) is 55.5 Å². The van der Waals surface area contributed by atoms with E-state index in [9.17, 15) is 4.79 Å². The Hall–Kier alpha value is -2.04. The number of amides is 1. The molecule has 1 amide bonds. The summed E-state index contributed by atoms with van der Waals surface area (Å²) in [5, 5.41) is 6.43. The zero-order valence-corrected chi connectivity index (χ0v) is 15.2. The van der Waals surface area contributed by atoms with E-state index in [1.165, 1.54) is 0 Å². The zero-order chi connectivity index (χ0) is 16.8. The number of halogens is 1. The van der Waals surface area contributed by atoms with Crippen LogP contribution in [0.4, 0.5) is 0 Å². The number of rotatable bonds is 5. The van der Waals surface area contributed by atoms with Crippen LogP contribution >= 0.6 is 12.4 Å². The van der Waals surface area contributed by atoms with Gasteiger partial charge in [0.2, 0.25) is 0 Å². The van der Waals surface area contributed by atoms with Gasteiger partial charge < -0.3 is 15.4 Å². The third-order valence-corrected chi connectivity index (χ3v) is 4.46. The number of piperidine rings is 1. The smallest absolute Gasteiger partial charge is 0.258 e. The molecule has 1 aliphatic heterocycles. The van der Waals surface area contributed by atoms with Crippen molar-refractivity contribution in [1.29, 1.82) is 0 Å². The minimum absolute atomic E-state index is 0. The quantitative estimate of drug-likeness (QED) is 0.860. The summed E-state index contributed by atoms with van der Waals surface area (Å²) >= 11 is 0. The van der Waals surface area contributed by atoms with E-state index in [0.29, 0.717) is 5.92 Å². The van der Waals surface area contributed by atoms with Crippen LogP contribution in [-0.4, -0.2) is 31.6 Å². The molecule has 1 fully saturated rings. The molecule has 25 heavy (non-hydrogen) atoms. The molecule has 0 radical (unpaired) electrons. The van der Waals surface area contributed by atoms with Gasteiger partial charge in [0, 0.05) is 11.6 Å². The third kappa shape index (κ3) is 5.21. The van der Waals surface area contributed by atoms with E-state index in [4.69, 9.17) is 4.74 Å². The van der Waals surface area contributed by atoms with E-state index in [1.807, 2.05) is 54.6 Å². The molecule has 1 heterocycles. The molecule has 3 rings (SSSR count). The van der Waals surface area contributed by atoms with E-state index in [1.54, 1.807) is 0 Å². The molecule has 134 valence electrons. The van der Waals surface area contributed by atoms with Gasteiger partial charge in [-0.05, 0) is 37.1 Å². The highest BCUT2D eigenvalue weighted by molar-refractivity contribution is 5.85. The summed E-state index contributed by atoms with van der Waals surface area (Å²) in [5.41, 5.74) is 2.08. The summed E-state index contributed by atoms with van der Waals surface area (Å²) in [4.78, 5) is 12.2. The lowest BCUT2D eigenvalue weighted by Crippen LogP contribution is -2.49. The van der Waals surface area contributed by atoms with Crippen molar-refractivity contribution in [3.63, 3.8) is 0 Å². The molecule has 2 atom stereocenters. The minimum atomic E-state index is -0.0587. The Bertz CT molecular complexity index is 678. The Labute approximate surface area is 155 Å². The number of carbonyl (C=O) groups excluding carboxylic acids is 1. The Balaban J connectivity index is 0.00000225. The predicted octanol–water partition coefficient (Wildman–Crippen LogP) is 3.27. The van der Waals surface area contributed by atoms with Crippen molar-refractivity contribution in [2.24, 2.45) is 5.92 Å². The molecule has 0 bridgehead atoms. The highest BCUT2D eigenvalue weighted by Crippen LogP contribution is 2.29. The Morgan fingerprint density at radius 2 is 1.88 bits per heavy atom. The lowest BCUT2D eigenvalue weighted by Gasteiger charge is -2.30. The van der Waals surface area contributed by atoms with Crippen molar-refractivity contribution in [3.8, 4) is 16.9 Å². The number of carbonyl (C=O) groups is 1. The van der Waals surface area contributed by atoms with Crippen molar-refractivity contribution in [3.05, 3.63) is 54.6 Å². The summed E-state index contributed by atoms with van der Waals surface area (Å²) < 4.78 is 5.80. The lowest BCUT2D eigenvalue weighted by atomic mass is 9.95. The van der Waals surface area contributed by atoms with E-state index < -0.39 is 0 Å². The first-order chi connectivity index (χ1) is 11.7. The summed E-state index contributed by atoms with van der Waals surface area (Å²) in [6.45, 7) is 4.10. The number of para-hydroxylation sites is 1.